The average Bonchev–Trinajstić information content (AvgIpc) is 3.02. The van der Waals surface area contributed by atoms with Gasteiger partial charge in [-0.05, 0) is 38.5 Å². The maximum atomic E-state index is 12.8. The van der Waals surface area contributed by atoms with Gasteiger partial charge in [-0.25, -0.2) is 0 Å². The van der Waals surface area contributed by atoms with E-state index in [1.165, 1.54) is 70.6 Å². The maximum Gasteiger partial charge on any atom is 0.220 e. The van der Waals surface area contributed by atoms with E-state index in [1.54, 1.807) is 0 Å². The van der Waals surface area contributed by atoms with Crippen LogP contribution in [0.25, 0.3) is 0 Å². The van der Waals surface area contributed by atoms with Gasteiger partial charge in [0.25, 0.3) is 0 Å². The molecule has 0 aliphatic carbocycles. The second-order valence-electron chi connectivity index (χ2n) is 12.7. The minimum atomic E-state index is -1.55. The Bertz CT molecular complexity index is 706. The van der Waals surface area contributed by atoms with Crippen LogP contribution in [-0.2, 0) is 14.3 Å². The average molecular weight is 630 g/mol. The van der Waals surface area contributed by atoms with Crippen LogP contribution < -0.4 is 5.32 Å². The number of aliphatic hydroxyl groups is 5. The van der Waals surface area contributed by atoms with E-state index < -0.39 is 49.5 Å². The first kappa shape index (κ1) is 41.0. The van der Waals surface area contributed by atoms with Crippen LogP contribution in [0.5, 0.6) is 0 Å². The van der Waals surface area contributed by atoms with E-state index in [1.807, 2.05) is 0 Å². The Hall–Kier alpha value is -1.07. The zero-order chi connectivity index (χ0) is 32.4. The first-order valence-electron chi connectivity index (χ1n) is 17.9. The molecule has 9 heteroatoms. The van der Waals surface area contributed by atoms with Gasteiger partial charge in [0, 0.05) is 6.42 Å². The van der Waals surface area contributed by atoms with Crippen molar-refractivity contribution in [3.8, 4) is 0 Å². The molecule has 1 aliphatic rings. The molecule has 44 heavy (non-hydrogen) atoms. The van der Waals surface area contributed by atoms with Gasteiger partial charge >= 0.3 is 0 Å². The number of ether oxygens (including phenoxy) is 2. The van der Waals surface area contributed by atoms with Crippen LogP contribution in [-0.4, -0.2) is 87.5 Å². The molecular formula is C35H67NO8. The zero-order valence-electron chi connectivity index (χ0n) is 27.9. The highest BCUT2D eigenvalue weighted by atomic mass is 16.7. The van der Waals surface area contributed by atoms with Crippen LogP contribution in [0.4, 0.5) is 0 Å². The van der Waals surface area contributed by atoms with Crippen molar-refractivity contribution in [3.63, 3.8) is 0 Å². The Kier molecular flexibility index (Phi) is 25.2. The summed E-state index contributed by atoms with van der Waals surface area (Å²) in [6.07, 6.45) is 19.4. The zero-order valence-corrected chi connectivity index (χ0v) is 27.9. The van der Waals surface area contributed by atoms with Crippen molar-refractivity contribution in [1.29, 1.82) is 0 Å². The lowest BCUT2D eigenvalue weighted by molar-refractivity contribution is -0.302. The normalized spacial score (nSPS) is 23.7. The van der Waals surface area contributed by atoms with E-state index in [4.69, 9.17) is 9.47 Å². The predicted octanol–water partition coefficient (Wildman–Crippen LogP) is 5.44. The molecule has 9 nitrogen and oxygen atoms in total. The molecule has 0 radical (unpaired) electrons. The van der Waals surface area contributed by atoms with Crippen molar-refractivity contribution in [2.24, 2.45) is 0 Å². The molecule has 0 saturated carbocycles. The Labute approximate surface area is 267 Å². The fourth-order valence-corrected chi connectivity index (χ4v) is 5.62. The van der Waals surface area contributed by atoms with Gasteiger partial charge < -0.3 is 40.3 Å². The summed E-state index contributed by atoms with van der Waals surface area (Å²) in [5, 5.41) is 53.8. The highest BCUT2D eigenvalue weighted by Crippen LogP contribution is 2.23. The molecule has 1 saturated heterocycles. The summed E-state index contributed by atoms with van der Waals surface area (Å²) in [5.74, 6) is -0.159. The molecule has 260 valence electrons. The van der Waals surface area contributed by atoms with Crippen molar-refractivity contribution in [3.05, 3.63) is 12.2 Å². The van der Waals surface area contributed by atoms with E-state index in [0.717, 1.165) is 51.4 Å². The molecule has 6 N–H and O–H groups in total. The summed E-state index contributed by atoms with van der Waals surface area (Å²) in [4.78, 5) is 12.8. The summed E-state index contributed by atoms with van der Waals surface area (Å²) >= 11 is 0. The van der Waals surface area contributed by atoms with Crippen molar-refractivity contribution >= 4 is 5.91 Å². The van der Waals surface area contributed by atoms with E-state index >= 15 is 0 Å². The number of allylic oxidation sites excluding steroid dienone is 2. The Balaban J connectivity index is 2.46. The summed E-state index contributed by atoms with van der Waals surface area (Å²) in [6, 6.07) is -0.715. The predicted molar refractivity (Wildman–Crippen MR) is 175 cm³/mol. The molecule has 1 aliphatic heterocycles. The number of hydrogen-bond acceptors (Lipinski definition) is 8. The molecule has 7 atom stereocenters. The third-order valence-corrected chi connectivity index (χ3v) is 8.62. The third-order valence-electron chi connectivity index (χ3n) is 8.62. The second kappa shape index (κ2) is 27.1. The second-order valence-corrected chi connectivity index (χ2v) is 12.7. The molecule has 0 aromatic carbocycles. The van der Waals surface area contributed by atoms with Crippen molar-refractivity contribution in [2.45, 2.75) is 192 Å². The van der Waals surface area contributed by atoms with Gasteiger partial charge in [-0.1, -0.05) is 116 Å². The van der Waals surface area contributed by atoms with Crippen LogP contribution in [0.3, 0.4) is 0 Å². The highest BCUT2D eigenvalue weighted by molar-refractivity contribution is 5.76. The van der Waals surface area contributed by atoms with Crippen LogP contribution in [0.2, 0.25) is 0 Å². The molecule has 7 unspecified atom stereocenters. The fraction of sp³-hybridized carbons (Fsp3) is 0.914. The number of nitrogens with one attached hydrogen (secondary N) is 1. The fourth-order valence-electron chi connectivity index (χ4n) is 5.62. The van der Waals surface area contributed by atoms with E-state index in [2.05, 4.69) is 31.3 Å². The van der Waals surface area contributed by atoms with E-state index in [-0.39, 0.29) is 12.5 Å². The number of carbonyl (C=O) groups is 1. The molecule has 0 bridgehead atoms. The van der Waals surface area contributed by atoms with Crippen LogP contribution >= 0.6 is 0 Å². The lowest BCUT2D eigenvalue weighted by Crippen LogP contribution is -2.60. The number of amides is 1. The molecule has 1 amide bonds. The lowest BCUT2D eigenvalue weighted by Gasteiger charge is -2.40. The summed E-state index contributed by atoms with van der Waals surface area (Å²) in [5.41, 5.74) is 0. The largest absolute Gasteiger partial charge is 0.394 e. The van der Waals surface area contributed by atoms with Crippen molar-refractivity contribution in [1.82, 2.24) is 5.32 Å². The van der Waals surface area contributed by atoms with Gasteiger partial charge in [0.05, 0.1) is 25.4 Å². The van der Waals surface area contributed by atoms with Crippen LogP contribution in [0.15, 0.2) is 12.2 Å². The van der Waals surface area contributed by atoms with Crippen molar-refractivity contribution < 1.29 is 39.8 Å². The van der Waals surface area contributed by atoms with Gasteiger partial charge in [-0.15, -0.1) is 0 Å². The van der Waals surface area contributed by atoms with Crippen LogP contribution in [0, 0.1) is 0 Å². The standard InChI is InChI=1S/C35H67NO8/c1-3-5-7-9-11-13-14-15-17-19-21-23-25-31(39)36-28(29(38)24-22-20-18-16-12-10-8-6-4-2)27-43-35-34(42)33(41)32(40)30(26-37)44-35/h11,13,28-30,32-35,37-38,40-42H,3-10,12,14-27H2,1-2H3,(H,36,39)/b13-11-. The molecule has 0 spiro atoms. The molecular weight excluding hydrogens is 562 g/mol. The number of unbranched alkanes of at least 4 members (excludes halogenated alkanes) is 16. The monoisotopic (exact) mass is 629 g/mol. The quantitative estimate of drug-likeness (QED) is 0.0495. The molecule has 1 rings (SSSR count). The van der Waals surface area contributed by atoms with Gasteiger partial charge in [0.1, 0.15) is 24.4 Å². The summed E-state index contributed by atoms with van der Waals surface area (Å²) < 4.78 is 11.1. The van der Waals surface area contributed by atoms with Gasteiger partial charge in [-0.3, -0.25) is 4.79 Å². The van der Waals surface area contributed by atoms with Gasteiger partial charge in [0.15, 0.2) is 6.29 Å². The third kappa shape index (κ3) is 18.8. The Morgan fingerprint density at radius 2 is 1.27 bits per heavy atom. The SMILES string of the molecule is CCCCC/C=C\CCCCCCCC(=O)NC(COC1OC(CO)C(O)C(O)C1O)C(O)CCCCCCCCCCC. The van der Waals surface area contributed by atoms with Crippen molar-refractivity contribution in [2.75, 3.05) is 13.2 Å². The minimum Gasteiger partial charge on any atom is -0.394 e. The Morgan fingerprint density at radius 3 is 1.89 bits per heavy atom. The summed E-state index contributed by atoms with van der Waals surface area (Å²) in [7, 11) is 0. The Morgan fingerprint density at radius 1 is 0.750 bits per heavy atom. The number of carbonyl (C=O) groups excluding carboxylic acids is 1. The maximum absolute atomic E-state index is 12.8. The smallest absolute Gasteiger partial charge is 0.220 e. The number of rotatable bonds is 28. The summed E-state index contributed by atoms with van der Waals surface area (Å²) in [6.45, 7) is 3.74. The minimum absolute atomic E-state index is 0.140. The van der Waals surface area contributed by atoms with Crippen LogP contribution in [0.1, 0.15) is 149 Å². The topological polar surface area (TPSA) is 149 Å². The molecule has 0 aromatic rings. The van der Waals surface area contributed by atoms with Gasteiger partial charge in [0.2, 0.25) is 5.91 Å². The van der Waals surface area contributed by atoms with E-state index in [0.29, 0.717) is 12.8 Å². The molecule has 1 fully saturated rings. The van der Waals surface area contributed by atoms with Gasteiger partial charge in [-0.2, -0.15) is 0 Å². The first-order valence-corrected chi connectivity index (χ1v) is 17.9. The number of aliphatic hydroxyl groups excluding tert-OH is 5. The van der Waals surface area contributed by atoms with E-state index in [9.17, 15) is 30.3 Å². The molecule has 1 heterocycles. The number of hydrogen-bond donors (Lipinski definition) is 6. The first-order chi connectivity index (χ1) is 21.3. The molecule has 0 aromatic heterocycles. The highest BCUT2D eigenvalue weighted by Gasteiger charge is 2.44. The lowest BCUT2D eigenvalue weighted by atomic mass is 9.99.